The van der Waals surface area contributed by atoms with E-state index < -0.39 is 0 Å². The van der Waals surface area contributed by atoms with Gasteiger partial charge in [-0.2, -0.15) is 0 Å². The standard InChI is InChI=1S/C19H16N2O3S/c1-10-6-15-12(3-5-24-15)19(22)17(10)14-7-16-18(21-20-14)13(9-25-16)11-2-4-23-8-11/h3,5-7,9,11,22H,2,4,8H2,1H3. The van der Waals surface area contributed by atoms with E-state index in [1.807, 2.05) is 19.1 Å². The smallest absolute Gasteiger partial charge is 0.137 e. The summed E-state index contributed by atoms with van der Waals surface area (Å²) >= 11 is 1.67. The molecule has 0 bridgehead atoms. The number of aryl methyl sites for hydroxylation is 1. The molecular weight excluding hydrogens is 336 g/mol. The number of benzene rings is 1. The van der Waals surface area contributed by atoms with Gasteiger partial charge in [-0.3, -0.25) is 0 Å². The topological polar surface area (TPSA) is 68.4 Å². The third-order valence-electron chi connectivity index (χ3n) is 4.90. The van der Waals surface area contributed by atoms with Gasteiger partial charge in [-0.1, -0.05) is 0 Å². The number of rotatable bonds is 2. The largest absolute Gasteiger partial charge is 0.506 e. The van der Waals surface area contributed by atoms with Gasteiger partial charge in [0.2, 0.25) is 0 Å². The van der Waals surface area contributed by atoms with Crippen molar-refractivity contribution in [3.8, 4) is 17.0 Å². The highest BCUT2D eigenvalue weighted by atomic mass is 32.1. The van der Waals surface area contributed by atoms with Gasteiger partial charge in [-0.05, 0) is 48.1 Å². The van der Waals surface area contributed by atoms with E-state index in [9.17, 15) is 5.11 Å². The predicted molar refractivity (Wildman–Crippen MR) is 97.2 cm³/mol. The van der Waals surface area contributed by atoms with E-state index in [1.165, 1.54) is 5.56 Å². The number of fused-ring (bicyclic) bond motifs is 2. The van der Waals surface area contributed by atoms with Crippen LogP contribution >= 0.6 is 11.3 Å². The van der Waals surface area contributed by atoms with E-state index in [4.69, 9.17) is 9.15 Å². The highest BCUT2D eigenvalue weighted by Crippen LogP contribution is 2.40. The zero-order chi connectivity index (χ0) is 17.0. The Bertz CT molecular complexity index is 1090. The van der Waals surface area contributed by atoms with Crippen LogP contribution in [0.5, 0.6) is 5.75 Å². The van der Waals surface area contributed by atoms with Crippen molar-refractivity contribution in [3.05, 3.63) is 41.0 Å². The van der Waals surface area contributed by atoms with Gasteiger partial charge in [-0.15, -0.1) is 21.5 Å². The predicted octanol–water partition coefficient (Wildman–Crippen LogP) is 4.62. The van der Waals surface area contributed by atoms with Gasteiger partial charge in [0, 0.05) is 18.1 Å². The first-order valence-electron chi connectivity index (χ1n) is 8.25. The molecule has 5 rings (SSSR count). The zero-order valence-electron chi connectivity index (χ0n) is 13.7. The van der Waals surface area contributed by atoms with E-state index in [0.717, 1.165) is 35.4 Å². The Morgan fingerprint density at radius 3 is 3.04 bits per heavy atom. The van der Waals surface area contributed by atoms with Crippen molar-refractivity contribution in [1.82, 2.24) is 10.2 Å². The number of aromatic hydroxyl groups is 1. The minimum atomic E-state index is 0.193. The van der Waals surface area contributed by atoms with Crippen molar-refractivity contribution < 1.29 is 14.3 Å². The number of aromatic nitrogens is 2. The van der Waals surface area contributed by atoms with Crippen molar-refractivity contribution >= 4 is 32.5 Å². The van der Waals surface area contributed by atoms with Gasteiger partial charge in [0.15, 0.2) is 0 Å². The molecule has 1 aromatic carbocycles. The second-order valence-corrected chi connectivity index (χ2v) is 7.35. The monoisotopic (exact) mass is 352 g/mol. The van der Waals surface area contributed by atoms with Crippen molar-refractivity contribution in [3.63, 3.8) is 0 Å². The number of thiophene rings is 1. The van der Waals surface area contributed by atoms with Crippen molar-refractivity contribution in [2.45, 2.75) is 19.3 Å². The lowest BCUT2D eigenvalue weighted by Crippen LogP contribution is -1.98. The summed E-state index contributed by atoms with van der Waals surface area (Å²) in [5, 5.41) is 22.4. The first-order chi connectivity index (χ1) is 12.2. The zero-order valence-corrected chi connectivity index (χ0v) is 14.5. The van der Waals surface area contributed by atoms with Crippen LogP contribution in [0.4, 0.5) is 0 Å². The lowest BCUT2D eigenvalue weighted by molar-refractivity contribution is 0.194. The van der Waals surface area contributed by atoms with Crippen LogP contribution in [0.15, 0.2) is 34.3 Å². The first kappa shape index (κ1) is 14.9. The summed E-state index contributed by atoms with van der Waals surface area (Å²) in [5.74, 6) is 0.602. The fourth-order valence-electron chi connectivity index (χ4n) is 3.58. The molecule has 0 spiro atoms. The molecule has 0 aliphatic carbocycles. The average Bonchev–Trinajstić information content (AvgIpc) is 3.34. The van der Waals surface area contributed by atoms with E-state index in [-0.39, 0.29) is 5.75 Å². The molecule has 1 N–H and O–H groups in total. The third kappa shape index (κ3) is 2.25. The van der Waals surface area contributed by atoms with Crippen LogP contribution in [-0.4, -0.2) is 28.5 Å². The van der Waals surface area contributed by atoms with Crippen LogP contribution in [0.2, 0.25) is 0 Å². The third-order valence-corrected chi connectivity index (χ3v) is 5.84. The van der Waals surface area contributed by atoms with Crippen molar-refractivity contribution in [2.24, 2.45) is 0 Å². The summed E-state index contributed by atoms with van der Waals surface area (Å²) in [7, 11) is 0. The summed E-state index contributed by atoms with van der Waals surface area (Å²) < 4.78 is 12.0. The Kier molecular flexibility index (Phi) is 3.29. The second-order valence-electron chi connectivity index (χ2n) is 6.44. The van der Waals surface area contributed by atoms with Gasteiger partial charge in [-0.25, -0.2) is 0 Å². The average molecular weight is 352 g/mol. The summed E-state index contributed by atoms with van der Waals surface area (Å²) in [6.45, 7) is 3.51. The molecule has 1 atom stereocenters. The SMILES string of the molecule is Cc1cc2occc2c(O)c1-c1cc2scc(C3CCOC3)c2nn1. The second kappa shape index (κ2) is 5.54. The molecule has 0 amide bonds. The number of furan rings is 1. The molecule has 3 aromatic heterocycles. The molecule has 1 unspecified atom stereocenters. The molecular formula is C19H16N2O3S. The highest BCUT2D eigenvalue weighted by molar-refractivity contribution is 7.17. The number of hydrogen-bond donors (Lipinski definition) is 1. The Morgan fingerprint density at radius 2 is 2.20 bits per heavy atom. The number of nitrogens with zero attached hydrogens (tertiary/aromatic N) is 2. The number of hydrogen-bond acceptors (Lipinski definition) is 6. The van der Waals surface area contributed by atoms with E-state index in [2.05, 4.69) is 15.6 Å². The van der Waals surface area contributed by atoms with Crippen molar-refractivity contribution in [1.29, 1.82) is 0 Å². The van der Waals surface area contributed by atoms with Gasteiger partial charge >= 0.3 is 0 Å². The van der Waals surface area contributed by atoms with E-state index >= 15 is 0 Å². The molecule has 4 heterocycles. The van der Waals surface area contributed by atoms with Crippen molar-refractivity contribution in [2.75, 3.05) is 13.2 Å². The lowest BCUT2D eigenvalue weighted by Gasteiger charge is -2.09. The molecule has 4 aromatic rings. The van der Waals surface area contributed by atoms with Crippen LogP contribution in [0.25, 0.3) is 32.4 Å². The van der Waals surface area contributed by atoms with E-state index in [0.29, 0.717) is 28.1 Å². The Hall–Kier alpha value is -2.44. The molecule has 5 nitrogen and oxygen atoms in total. The minimum absolute atomic E-state index is 0.193. The molecule has 1 saturated heterocycles. The van der Waals surface area contributed by atoms with Crippen LogP contribution in [0.3, 0.4) is 0 Å². The molecule has 1 aliphatic rings. The van der Waals surface area contributed by atoms with Crippen LogP contribution in [0.1, 0.15) is 23.5 Å². The van der Waals surface area contributed by atoms with E-state index in [1.54, 1.807) is 23.7 Å². The maximum Gasteiger partial charge on any atom is 0.137 e. The molecule has 1 fully saturated rings. The summed E-state index contributed by atoms with van der Waals surface area (Å²) in [4.78, 5) is 0. The molecule has 6 heteroatoms. The Balaban J connectivity index is 1.66. The molecule has 0 radical (unpaired) electrons. The number of phenols is 1. The molecule has 25 heavy (non-hydrogen) atoms. The summed E-state index contributed by atoms with van der Waals surface area (Å²) in [5.41, 5.74) is 5.15. The molecule has 0 saturated carbocycles. The fourth-order valence-corrected chi connectivity index (χ4v) is 4.59. The lowest BCUT2D eigenvalue weighted by atomic mass is 9.99. The molecule has 126 valence electrons. The fraction of sp³-hybridized carbons (Fsp3) is 0.263. The maximum absolute atomic E-state index is 10.7. The first-order valence-corrected chi connectivity index (χ1v) is 9.13. The normalized spacial score (nSPS) is 17.7. The summed E-state index contributed by atoms with van der Waals surface area (Å²) in [6, 6.07) is 5.70. The number of phenolic OH excluding ortho intramolecular Hbond substituents is 1. The minimum Gasteiger partial charge on any atom is -0.506 e. The van der Waals surface area contributed by atoms with Gasteiger partial charge in [0.1, 0.15) is 16.8 Å². The Morgan fingerprint density at radius 1 is 1.28 bits per heavy atom. The number of ether oxygens (including phenoxy) is 1. The van der Waals surface area contributed by atoms with Crippen LogP contribution in [0, 0.1) is 6.92 Å². The Labute approximate surface area is 147 Å². The highest BCUT2D eigenvalue weighted by Gasteiger charge is 2.23. The van der Waals surface area contributed by atoms with Crippen LogP contribution in [-0.2, 0) is 4.74 Å². The quantitative estimate of drug-likeness (QED) is 0.570. The van der Waals surface area contributed by atoms with Gasteiger partial charge in [0.05, 0.1) is 28.7 Å². The van der Waals surface area contributed by atoms with Gasteiger partial charge in [0.25, 0.3) is 0 Å². The molecule has 1 aliphatic heterocycles. The maximum atomic E-state index is 10.7. The van der Waals surface area contributed by atoms with Gasteiger partial charge < -0.3 is 14.3 Å². The van der Waals surface area contributed by atoms with Crippen LogP contribution < -0.4 is 0 Å². The summed E-state index contributed by atoms with van der Waals surface area (Å²) in [6.07, 6.45) is 2.62.